The van der Waals surface area contributed by atoms with Gasteiger partial charge in [-0.05, 0) is 46.8 Å². The van der Waals surface area contributed by atoms with Crippen LogP contribution in [-0.2, 0) is 18.9 Å². The van der Waals surface area contributed by atoms with Crippen molar-refractivity contribution in [3.05, 3.63) is 34.2 Å². The highest BCUT2D eigenvalue weighted by Crippen LogP contribution is 2.43. The fourth-order valence-corrected chi connectivity index (χ4v) is 4.18. The second kappa shape index (κ2) is 6.70. The van der Waals surface area contributed by atoms with E-state index in [-0.39, 0.29) is 23.5 Å². The Balaban J connectivity index is 1.72. The van der Waals surface area contributed by atoms with Crippen molar-refractivity contribution >= 4 is 11.0 Å². The van der Waals surface area contributed by atoms with Crippen LogP contribution >= 0.6 is 0 Å². The van der Waals surface area contributed by atoms with Gasteiger partial charge in [-0.2, -0.15) is 0 Å². The molecule has 2 aliphatic heterocycles. The fraction of sp³-hybridized carbons (Fsp3) is 0.571. The van der Waals surface area contributed by atoms with Gasteiger partial charge in [0.2, 0.25) is 6.29 Å². The number of fused-ring (bicyclic) bond motifs is 2. The van der Waals surface area contributed by atoms with Gasteiger partial charge >= 0.3 is 5.63 Å². The summed E-state index contributed by atoms with van der Waals surface area (Å²) in [5.41, 5.74) is -0.499. The number of benzene rings is 1. The maximum atomic E-state index is 11.7. The van der Waals surface area contributed by atoms with Crippen LogP contribution in [0.25, 0.3) is 11.0 Å². The van der Waals surface area contributed by atoms with E-state index in [1.807, 2.05) is 27.7 Å². The summed E-state index contributed by atoms with van der Waals surface area (Å²) in [4.78, 5) is 11.7. The number of ether oxygens (including phenoxy) is 5. The molecule has 8 heteroatoms. The van der Waals surface area contributed by atoms with Gasteiger partial charge in [-0.25, -0.2) is 4.79 Å². The second-order valence-corrected chi connectivity index (χ2v) is 8.44. The molecule has 4 atom stereocenters. The summed E-state index contributed by atoms with van der Waals surface area (Å²) < 4.78 is 35.5. The Morgan fingerprint density at radius 1 is 1.07 bits per heavy atom. The van der Waals surface area contributed by atoms with Crippen LogP contribution in [0.5, 0.6) is 11.5 Å². The highest BCUT2D eigenvalue weighted by molar-refractivity contribution is 5.86. The van der Waals surface area contributed by atoms with Crippen molar-refractivity contribution < 1.29 is 33.2 Å². The lowest BCUT2D eigenvalue weighted by molar-refractivity contribution is -0.283. The molecule has 0 bridgehead atoms. The molecule has 4 rings (SSSR count). The Labute approximate surface area is 168 Å². The third-order valence-electron chi connectivity index (χ3n) is 5.42. The molecule has 0 amide bonds. The molecule has 1 aromatic carbocycles. The summed E-state index contributed by atoms with van der Waals surface area (Å²) in [5.74, 6) is -0.498. The molecular weight excluding hydrogens is 380 g/mol. The molecule has 2 aliphatic rings. The van der Waals surface area contributed by atoms with Gasteiger partial charge in [0, 0.05) is 12.7 Å². The predicted octanol–water partition coefficient (Wildman–Crippen LogP) is 2.86. The zero-order valence-electron chi connectivity index (χ0n) is 17.3. The molecular formula is C21H26O8. The third-order valence-corrected chi connectivity index (χ3v) is 5.42. The van der Waals surface area contributed by atoms with Gasteiger partial charge in [-0.15, -0.1) is 0 Å². The van der Waals surface area contributed by atoms with E-state index in [0.29, 0.717) is 16.7 Å². The topological polar surface area (TPSA) is 96.6 Å². The van der Waals surface area contributed by atoms with Crippen molar-refractivity contribution in [2.45, 2.75) is 70.6 Å². The summed E-state index contributed by atoms with van der Waals surface area (Å²) >= 11 is 0. The van der Waals surface area contributed by atoms with Gasteiger partial charge < -0.3 is 33.2 Å². The molecule has 29 heavy (non-hydrogen) atoms. The number of hydrogen-bond donors (Lipinski definition) is 1. The first-order chi connectivity index (χ1) is 13.5. The van der Waals surface area contributed by atoms with E-state index in [9.17, 15) is 9.90 Å². The Bertz CT molecular complexity index is 992. The van der Waals surface area contributed by atoms with E-state index in [2.05, 4.69) is 0 Å². The smallest absolute Gasteiger partial charge is 0.339 e. The first kappa shape index (κ1) is 20.2. The zero-order valence-corrected chi connectivity index (χ0v) is 17.3. The normalized spacial score (nSPS) is 30.3. The average Bonchev–Trinajstić information content (AvgIpc) is 2.92. The van der Waals surface area contributed by atoms with Crippen molar-refractivity contribution in [1.29, 1.82) is 0 Å². The van der Waals surface area contributed by atoms with Crippen LogP contribution in [0.4, 0.5) is 0 Å². The van der Waals surface area contributed by atoms with Crippen LogP contribution in [0.3, 0.4) is 0 Å². The summed E-state index contributed by atoms with van der Waals surface area (Å²) in [6.07, 6.45) is -2.02. The summed E-state index contributed by atoms with van der Waals surface area (Å²) in [6, 6.07) is 4.37. The number of rotatable bonds is 3. The first-order valence-electron chi connectivity index (χ1n) is 9.52. The minimum absolute atomic E-state index is 0.141. The van der Waals surface area contributed by atoms with Gasteiger partial charge in [0.15, 0.2) is 11.9 Å². The van der Waals surface area contributed by atoms with E-state index in [1.165, 1.54) is 0 Å². The second-order valence-electron chi connectivity index (χ2n) is 8.44. The number of aromatic hydroxyl groups is 1. The van der Waals surface area contributed by atoms with Gasteiger partial charge in [-0.3, -0.25) is 0 Å². The molecule has 0 aliphatic carbocycles. The molecule has 0 saturated carbocycles. The van der Waals surface area contributed by atoms with E-state index >= 15 is 0 Å². The van der Waals surface area contributed by atoms with Crippen molar-refractivity contribution in [2.75, 3.05) is 7.11 Å². The van der Waals surface area contributed by atoms with Crippen LogP contribution in [0.2, 0.25) is 0 Å². The molecule has 0 spiro atoms. The Hall–Kier alpha value is -2.13. The lowest BCUT2D eigenvalue weighted by atomic mass is 9.89. The molecule has 1 N–H and O–H groups in total. The van der Waals surface area contributed by atoms with Gasteiger partial charge in [0.05, 0.1) is 17.1 Å². The number of hydrogen-bond acceptors (Lipinski definition) is 8. The maximum Gasteiger partial charge on any atom is 0.339 e. The fourth-order valence-electron chi connectivity index (χ4n) is 4.18. The Kier molecular flexibility index (Phi) is 4.66. The van der Waals surface area contributed by atoms with Crippen molar-refractivity contribution in [3.8, 4) is 11.5 Å². The van der Waals surface area contributed by atoms with Crippen LogP contribution in [0.15, 0.2) is 27.4 Å². The highest BCUT2D eigenvalue weighted by Gasteiger charge is 2.59. The van der Waals surface area contributed by atoms with Gasteiger partial charge in [0.25, 0.3) is 0 Å². The van der Waals surface area contributed by atoms with E-state index in [1.54, 1.807) is 26.2 Å². The van der Waals surface area contributed by atoms with Gasteiger partial charge in [-0.1, -0.05) is 0 Å². The molecule has 3 heterocycles. The molecule has 2 aromatic rings. The molecule has 2 saturated heterocycles. The van der Waals surface area contributed by atoms with E-state index < -0.39 is 29.4 Å². The predicted molar refractivity (Wildman–Crippen MR) is 103 cm³/mol. The molecule has 0 radical (unpaired) electrons. The quantitative estimate of drug-likeness (QED) is 0.778. The minimum atomic E-state index is -0.811. The van der Waals surface area contributed by atoms with Crippen molar-refractivity contribution in [1.82, 2.24) is 0 Å². The first-order valence-corrected chi connectivity index (χ1v) is 9.52. The van der Waals surface area contributed by atoms with Crippen molar-refractivity contribution in [3.63, 3.8) is 0 Å². The Morgan fingerprint density at radius 2 is 1.76 bits per heavy atom. The van der Waals surface area contributed by atoms with Gasteiger partial charge in [0.1, 0.15) is 29.3 Å². The average molecular weight is 406 g/mol. The molecule has 2 fully saturated rings. The number of methoxy groups -OCH3 is 1. The lowest BCUT2D eigenvalue weighted by Gasteiger charge is -2.46. The van der Waals surface area contributed by atoms with Crippen LogP contribution < -0.4 is 10.4 Å². The largest absolute Gasteiger partial charge is 0.507 e. The minimum Gasteiger partial charge on any atom is -0.507 e. The molecule has 0 unspecified atom stereocenters. The summed E-state index contributed by atoms with van der Waals surface area (Å²) in [5, 5.41) is 10.4. The van der Waals surface area contributed by atoms with E-state index in [0.717, 1.165) is 6.07 Å². The molecule has 8 nitrogen and oxygen atoms in total. The molecule has 158 valence electrons. The highest BCUT2D eigenvalue weighted by atomic mass is 16.8. The summed E-state index contributed by atoms with van der Waals surface area (Å²) in [7, 11) is 1.62. The SMILES string of the molecule is CO[C@@H]1[C@H]2OC(C)(C)O[C@H]2[C@H](Oc2ccc3c(O)cc(=O)oc3c2C)OC1(C)C. The monoisotopic (exact) mass is 406 g/mol. The Morgan fingerprint density at radius 3 is 2.45 bits per heavy atom. The van der Waals surface area contributed by atoms with Crippen LogP contribution in [0.1, 0.15) is 33.3 Å². The molecule has 1 aromatic heterocycles. The standard InChI is InChI=1S/C21H26O8/c1-10-13(8-7-11-12(22)9-14(23)26-15(10)11)25-19-17-16(27-21(4,5)28-17)18(24-6)20(2,3)29-19/h7-9,16-19,22H,1-6H3/t16-,17+,18+,19+/m0/s1. The van der Waals surface area contributed by atoms with Crippen LogP contribution in [-0.4, -0.2) is 48.2 Å². The van der Waals surface area contributed by atoms with Crippen molar-refractivity contribution in [2.24, 2.45) is 0 Å². The van der Waals surface area contributed by atoms with Crippen LogP contribution in [0, 0.1) is 6.92 Å². The summed E-state index contributed by atoms with van der Waals surface area (Å²) in [6.45, 7) is 9.24. The lowest BCUT2D eigenvalue weighted by Crippen LogP contribution is -2.62. The third kappa shape index (κ3) is 3.40. The van der Waals surface area contributed by atoms with E-state index in [4.69, 9.17) is 28.1 Å². The zero-order chi connectivity index (χ0) is 21.1. The number of aryl methyl sites for hydroxylation is 1. The maximum absolute atomic E-state index is 11.7.